The normalized spacial score (nSPS) is 17.5. The van der Waals surface area contributed by atoms with Gasteiger partial charge in [0.15, 0.2) is 0 Å². The summed E-state index contributed by atoms with van der Waals surface area (Å²) in [5.74, 6) is -0.659. The number of aldehydes is 1. The Kier molecular flexibility index (Phi) is 8.43. The van der Waals surface area contributed by atoms with Crippen LogP contribution in [0.2, 0.25) is 0 Å². The molecule has 3 aromatic carbocycles. The lowest BCUT2D eigenvalue weighted by Crippen LogP contribution is -2.54. The molecule has 0 bridgehead atoms. The lowest BCUT2D eigenvalue weighted by atomic mass is 9.73. The van der Waals surface area contributed by atoms with Gasteiger partial charge >= 0.3 is 0 Å². The molecule has 1 fully saturated rings. The Labute approximate surface area is 246 Å². The van der Waals surface area contributed by atoms with Gasteiger partial charge in [0.1, 0.15) is 35.1 Å². The van der Waals surface area contributed by atoms with E-state index in [0.29, 0.717) is 35.8 Å². The molecular weight excluding hydrogens is 554 g/mol. The van der Waals surface area contributed by atoms with Crippen LogP contribution >= 0.6 is 0 Å². The van der Waals surface area contributed by atoms with Crippen molar-refractivity contribution in [3.63, 3.8) is 0 Å². The molecule has 0 unspecified atom stereocenters. The number of rotatable bonds is 6. The molecule has 2 heterocycles. The lowest BCUT2D eigenvalue weighted by molar-refractivity contribution is -0.00157. The molecule has 0 atom stereocenters. The second-order valence-electron chi connectivity index (χ2n) is 10.4. The number of amides is 1. The quantitative estimate of drug-likeness (QED) is 0.223. The predicted octanol–water partition coefficient (Wildman–Crippen LogP) is 5.57. The third-order valence-electron chi connectivity index (χ3n) is 7.68. The average molecular weight is 585 g/mol. The summed E-state index contributed by atoms with van der Waals surface area (Å²) in [6.45, 7) is 1.81. The third-order valence-corrected chi connectivity index (χ3v) is 7.68. The maximum absolute atomic E-state index is 15.7. The predicted molar refractivity (Wildman–Crippen MR) is 159 cm³/mol. The molecule has 0 aliphatic heterocycles. The summed E-state index contributed by atoms with van der Waals surface area (Å²) in [6.07, 6.45) is 5.34. The lowest BCUT2D eigenvalue weighted by Gasteiger charge is -2.43. The fourth-order valence-electron chi connectivity index (χ4n) is 5.30. The number of fused-ring (bicyclic) bond motifs is 1. The van der Waals surface area contributed by atoms with Crippen molar-refractivity contribution in [1.82, 2.24) is 20.6 Å². The zero-order valence-electron chi connectivity index (χ0n) is 23.8. The Morgan fingerprint density at radius 3 is 2.33 bits per heavy atom. The summed E-state index contributed by atoms with van der Waals surface area (Å²) in [7, 11) is 3.32. The SMILES string of the molecule is CNC(=O)c1c(-c2ccc(F)cc2)oc2ccc(-c3cc(C=O)ccc3C)c(F)c12.CNC1(c2ncccn2)CC(O)C1. The van der Waals surface area contributed by atoms with E-state index in [0.717, 1.165) is 11.4 Å². The average Bonchev–Trinajstić information content (AvgIpc) is 3.41. The number of hydrogen-bond donors (Lipinski definition) is 3. The monoisotopic (exact) mass is 584 g/mol. The molecule has 1 saturated carbocycles. The number of aliphatic hydroxyl groups excluding tert-OH is 1. The van der Waals surface area contributed by atoms with Gasteiger partial charge in [0.05, 0.1) is 22.6 Å². The molecule has 0 saturated heterocycles. The first-order chi connectivity index (χ1) is 20.7. The summed E-state index contributed by atoms with van der Waals surface area (Å²) in [4.78, 5) is 32.2. The van der Waals surface area contributed by atoms with Crippen LogP contribution in [0, 0.1) is 18.6 Å². The number of carbonyl (C=O) groups excluding carboxylic acids is 2. The van der Waals surface area contributed by atoms with Crippen LogP contribution in [0.3, 0.4) is 0 Å². The van der Waals surface area contributed by atoms with Crippen molar-refractivity contribution in [1.29, 1.82) is 0 Å². The highest BCUT2D eigenvalue weighted by atomic mass is 19.1. The Morgan fingerprint density at radius 1 is 1.02 bits per heavy atom. The molecule has 43 heavy (non-hydrogen) atoms. The minimum Gasteiger partial charge on any atom is -0.455 e. The smallest absolute Gasteiger partial charge is 0.255 e. The van der Waals surface area contributed by atoms with E-state index in [-0.39, 0.29) is 39.5 Å². The fraction of sp³-hybridized carbons (Fsp3) is 0.212. The minimum atomic E-state index is -0.630. The van der Waals surface area contributed by atoms with Crippen molar-refractivity contribution < 1.29 is 27.9 Å². The summed E-state index contributed by atoms with van der Waals surface area (Å²) in [5.41, 5.74) is 2.48. The maximum atomic E-state index is 15.7. The topological polar surface area (TPSA) is 117 Å². The Balaban J connectivity index is 0.000000235. The minimum absolute atomic E-state index is 0.0297. The Hall–Kier alpha value is -4.80. The molecule has 2 aromatic heterocycles. The second-order valence-corrected chi connectivity index (χ2v) is 10.4. The van der Waals surface area contributed by atoms with Gasteiger partial charge in [-0.1, -0.05) is 12.1 Å². The van der Waals surface area contributed by atoms with Gasteiger partial charge in [0.25, 0.3) is 5.91 Å². The second kappa shape index (κ2) is 12.2. The van der Waals surface area contributed by atoms with Crippen molar-refractivity contribution in [2.45, 2.75) is 31.4 Å². The van der Waals surface area contributed by atoms with Crippen LogP contribution in [0.15, 0.2) is 77.5 Å². The number of halogens is 2. The van der Waals surface area contributed by atoms with E-state index in [1.54, 1.807) is 48.8 Å². The molecule has 3 N–H and O–H groups in total. The summed E-state index contributed by atoms with van der Waals surface area (Å²) in [5, 5.41) is 15.0. The number of nitrogens with zero attached hydrogens (tertiary/aromatic N) is 2. The van der Waals surface area contributed by atoms with Gasteiger partial charge in [-0.15, -0.1) is 0 Å². The molecule has 10 heteroatoms. The van der Waals surface area contributed by atoms with Gasteiger partial charge in [-0.3, -0.25) is 9.59 Å². The first-order valence-electron chi connectivity index (χ1n) is 13.6. The van der Waals surface area contributed by atoms with E-state index in [2.05, 4.69) is 20.6 Å². The summed E-state index contributed by atoms with van der Waals surface area (Å²) < 4.78 is 34.9. The molecule has 0 radical (unpaired) electrons. The van der Waals surface area contributed by atoms with Crippen molar-refractivity contribution in [3.05, 3.63) is 107 Å². The van der Waals surface area contributed by atoms with Crippen molar-refractivity contribution in [2.75, 3.05) is 14.1 Å². The van der Waals surface area contributed by atoms with Gasteiger partial charge in [0.2, 0.25) is 0 Å². The number of hydrogen-bond acceptors (Lipinski definition) is 7. The summed E-state index contributed by atoms with van der Waals surface area (Å²) in [6, 6.07) is 15.4. The van der Waals surface area contributed by atoms with Gasteiger partial charge < -0.3 is 20.2 Å². The molecule has 5 aromatic rings. The largest absolute Gasteiger partial charge is 0.455 e. The van der Waals surface area contributed by atoms with E-state index in [4.69, 9.17) is 4.42 Å². The van der Waals surface area contributed by atoms with Crippen LogP contribution in [-0.4, -0.2) is 47.5 Å². The van der Waals surface area contributed by atoms with Gasteiger partial charge in [-0.2, -0.15) is 0 Å². The van der Waals surface area contributed by atoms with Gasteiger partial charge in [-0.25, -0.2) is 18.7 Å². The Bertz CT molecular complexity index is 1780. The highest BCUT2D eigenvalue weighted by molar-refractivity contribution is 6.12. The van der Waals surface area contributed by atoms with Gasteiger partial charge in [0, 0.05) is 36.1 Å². The molecule has 1 aliphatic rings. The molecule has 6 rings (SSSR count). The van der Waals surface area contributed by atoms with Crippen LogP contribution in [0.5, 0.6) is 0 Å². The van der Waals surface area contributed by atoms with E-state index in [9.17, 15) is 19.1 Å². The summed E-state index contributed by atoms with van der Waals surface area (Å²) >= 11 is 0. The molecular formula is C33H30F2N4O4. The van der Waals surface area contributed by atoms with Gasteiger partial charge in [-0.05, 0) is 86.5 Å². The maximum Gasteiger partial charge on any atom is 0.255 e. The van der Waals surface area contributed by atoms with E-state index >= 15 is 4.39 Å². The third kappa shape index (κ3) is 5.67. The van der Waals surface area contributed by atoms with E-state index in [1.165, 1.54) is 31.3 Å². The number of benzene rings is 3. The number of aliphatic hydroxyl groups is 1. The van der Waals surface area contributed by atoms with Crippen molar-refractivity contribution in [3.8, 4) is 22.5 Å². The highest BCUT2D eigenvalue weighted by Gasteiger charge is 2.45. The number of carbonyl (C=O) groups is 2. The van der Waals surface area contributed by atoms with Crippen molar-refractivity contribution >= 4 is 23.2 Å². The molecule has 1 aliphatic carbocycles. The van der Waals surface area contributed by atoms with Crippen LogP contribution in [0.25, 0.3) is 33.4 Å². The Morgan fingerprint density at radius 2 is 1.72 bits per heavy atom. The molecule has 1 amide bonds. The number of nitrogens with one attached hydrogen (secondary N) is 2. The zero-order chi connectivity index (χ0) is 30.7. The molecule has 220 valence electrons. The van der Waals surface area contributed by atoms with Crippen LogP contribution in [0.4, 0.5) is 8.78 Å². The zero-order valence-corrected chi connectivity index (χ0v) is 23.8. The molecule has 8 nitrogen and oxygen atoms in total. The highest BCUT2D eigenvalue weighted by Crippen LogP contribution is 2.40. The van der Waals surface area contributed by atoms with Crippen LogP contribution in [0.1, 0.15) is 44.9 Å². The van der Waals surface area contributed by atoms with E-state index < -0.39 is 17.5 Å². The number of aryl methyl sites for hydroxylation is 1. The first kappa shape index (κ1) is 29.7. The number of aromatic nitrogens is 2. The van der Waals surface area contributed by atoms with Crippen molar-refractivity contribution in [2.24, 2.45) is 0 Å². The van der Waals surface area contributed by atoms with E-state index in [1.807, 2.05) is 14.0 Å². The first-order valence-corrected chi connectivity index (χ1v) is 13.6. The fourth-order valence-corrected chi connectivity index (χ4v) is 5.30. The standard InChI is InChI=1S/C24H17F2NO3.C9H13N3O/c1-13-3-4-14(12-28)11-18(13)17-9-10-19-20(22(17)26)21(24(29)27-2)23(30-19)15-5-7-16(25)8-6-15;1-10-9(5-7(13)6-9)8-11-3-2-4-12-8/h3-12H,1-2H3,(H,27,29);2-4,7,10,13H,5-6H2,1H3. The van der Waals surface area contributed by atoms with Crippen LogP contribution < -0.4 is 10.6 Å². The number of furan rings is 1. The van der Waals surface area contributed by atoms with Crippen LogP contribution in [-0.2, 0) is 5.54 Å². The molecule has 0 spiro atoms.